The minimum Gasteiger partial charge on any atom is -0.352 e. The van der Waals surface area contributed by atoms with E-state index in [0.29, 0.717) is 39.0 Å². The number of piperidine rings is 2. The molecular formula is C27H33N3O4S. The van der Waals surface area contributed by atoms with Crippen LogP contribution < -0.4 is 5.32 Å². The number of carbonyl (C=O) groups excluding carboxylic acids is 2. The van der Waals surface area contributed by atoms with Gasteiger partial charge in [0.15, 0.2) is 0 Å². The third-order valence-electron chi connectivity index (χ3n) is 6.71. The molecule has 2 aliphatic rings. The van der Waals surface area contributed by atoms with Gasteiger partial charge < -0.3 is 10.2 Å². The quantitative estimate of drug-likeness (QED) is 0.597. The summed E-state index contributed by atoms with van der Waals surface area (Å²) in [7, 11) is -3.50. The van der Waals surface area contributed by atoms with Gasteiger partial charge in [-0.3, -0.25) is 9.59 Å². The molecule has 2 heterocycles. The molecule has 7 nitrogen and oxygen atoms in total. The number of likely N-dealkylation sites (tertiary alicyclic amines) is 1. The van der Waals surface area contributed by atoms with Crippen LogP contribution in [-0.2, 0) is 26.2 Å². The standard InChI is InChI=1S/C27H33N3O4S/c31-26(13-12-22-8-3-1-4-9-22)29-18-14-24(15-19-29)27(32)28-21-23-10-7-11-25(20-23)35(33,34)30-16-5-2-6-17-30/h1,3-4,7-13,20,24H,2,5-6,14-19,21H2,(H,28,32)/b13-12+. The van der Waals surface area contributed by atoms with E-state index in [1.54, 1.807) is 39.6 Å². The van der Waals surface area contributed by atoms with Crippen LogP contribution in [0, 0.1) is 5.92 Å². The largest absolute Gasteiger partial charge is 0.352 e. The van der Waals surface area contributed by atoms with Gasteiger partial charge in [0.2, 0.25) is 21.8 Å². The first kappa shape index (κ1) is 25.1. The first-order chi connectivity index (χ1) is 16.9. The van der Waals surface area contributed by atoms with Crippen molar-refractivity contribution in [2.45, 2.75) is 43.5 Å². The number of sulfonamides is 1. The lowest BCUT2D eigenvalue weighted by Gasteiger charge is -2.30. The van der Waals surface area contributed by atoms with Crippen molar-refractivity contribution in [2.24, 2.45) is 5.92 Å². The van der Waals surface area contributed by atoms with Crippen LogP contribution in [0.25, 0.3) is 6.08 Å². The smallest absolute Gasteiger partial charge is 0.246 e. The predicted molar refractivity (Wildman–Crippen MR) is 136 cm³/mol. The van der Waals surface area contributed by atoms with Gasteiger partial charge in [-0.1, -0.05) is 48.9 Å². The van der Waals surface area contributed by atoms with Gasteiger partial charge in [0, 0.05) is 44.7 Å². The monoisotopic (exact) mass is 495 g/mol. The minimum atomic E-state index is -3.50. The lowest BCUT2D eigenvalue weighted by molar-refractivity contribution is -0.132. The normalized spacial score (nSPS) is 18.0. The van der Waals surface area contributed by atoms with E-state index in [4.69, 9.17) is 0 Å². The second-order valence-electron chi connectivity index (χ2n) is 9.17. The Hall–Kier alpha value is -2.97. The third-order valence-corrected chi connectivity index (χ3v) is 8.61. The van der Waals surface area contributed by atoms with Gasteiger partial charge in [-0.2, -0.15) is 4.31 Å². The first-order valence-corrected chi connectivity index (χ1v) is 13.8. The number of amides is 2. The Labute approximate surface area is 207 Å². The Bertz CT molecular complexity index is 1150. The van der Waals surface area contributed by atoms with Gasteiger partial charge in [-0.05, 0) is 55.0 Å². The number of benzene rings is 2. The zero-order chi connectivity index (χ0) is 24.7. The minimum absolute atomic E-state index is 0.0422. The summed E-state index contributed by atoms with van der Waals surface area (Å²) >= 11 is 0. The molecule has 0 radical (unpaired) electrons. The topological polar surface area (TPSA) is 86.8 Å². The van der Waals surface area contributed by atoms with Crippen LogP contribution in [0.3, 0.4) is 0 Å². The van der Waals surface area contributed by atoms with Gasteiger partial charge in [-0.25, -0.2) is 8.42 Å². The van der Waals surface area contributed by atoms with Crippen LogP contribution in [0.4, 0.5) is 0 Å². The van der Waals surface area contributed by atoms with E-state index in [0.717, 1.165) is 30.4 Å². The average molecular weight is 496 g/mol. The number of hydrogen-bond acceptors (Lipinski definition) is 4. The fourth-order valence-electron chi connectivity index (χ4n) is 4.60. The summed E-state index contributed by atoms with van der Waals surface area (Å²) in [4.78, 5) is 27.3. The van der Waals surface area contributed by atoms with Crippen LogP contribution >= 0.6 is 0 Å². The van der Waals surface area contributed by atoms with E-state index in [1.165, 1.54) is 0 Å². The molecule has 2 aromatic rings. The zero-order valence-electron chi connectivity index (χ0n) is 19.9. The van der Waals surface area contributed by atoms with Gasteiger partial charge in [0.1, 0.15) is 0 Å². The van der Waals surface area contributed by atoms with Crippen molar-refractivity contribution in [3.8, 4) is 0 Å². The van der Waals surface area contributed by atoms with Crippen molar-refractivity contribution >= 4 is 27.9 Å². The highest BCUT2D eigenvalue weighted by Crippen LogP contribution is 2.22. The summed E-state index contributed by atoms with van der Waals surface area (Å²) < 4.78 is 27.4. The molecule has 0 spiro atoms. The molecule has 0 bridgehead atoms. The molecule has 8 heteroatoms. The summed E-state index contributed by atoms with van der Waals surface area (Å²) in [6.07, 6.45) is 7.46. The van der Waals surface area contributed by atoms with Crippen molar-refractivity contribution in [3.05, 3.63) is 71.8 Å². The molecule has 186 valence electrons. The number of nitrogens with zero attached hydrogens (tertiary/aromatic N) is 2. The highest BCUT2D eigenvalue weighted by Gasteiger charge is 2.27. The van der Waals surface area contributed by atoms with Gasteiger partial charge in [-0.15, -0.1) is 0 Å². The Balaban J connectivity index is 1.26. The van der Waals surface area contributed by atoms with Crippen molar-refractivity contribution in [1.29, 1.82) is 0 Å². The van der Waals surface area contributed by atoms with E-state index in [9.17, 15) is 18.0 Å². The maximum atomic E-state index is 12.9. The van der Waals surface area contributed by atoms with Crippen molar-refractivity contribution < 1.29 is 18.0 Å². The second-order valence-corrected chi connectivity index (χ2v) is 11.1. The van der Waals surface area contributed by atoms with Gasteiger partial charge >= 0.3 is 0 Å². The third kappa shape index (κ3) is 6.58. The van der Waals surface area contributed by atoms with E-state index in [1.807, 2.05) is 36.4 Å². The van der Waals surface area contributed by atoms with Crippen LogP contribution in [-0.4, -0.2) is 55.6 Å². The molecule has 0 aliphatic carbocycles. The fraction of sp³-hybridized carbons (Fsp3) is 0.407. The van der Waals surface area contributed by atoms with Crippen LogP contribution in [0.15, 0.2) is 65.6 Å². The predicted octanol–water partition coefficient (Wildman–Crippen LogP) is 3.43. The Morgan fingerprint density at radius 3 is 2.34 bits per heavy atom. The average Bonchev–Trinajstić information content (AvgIpc) is 2.91. The summed E-state index contributed by atoms with van der Waals surface area (Å²) in [5.41, 5.74) is 1.73. The number of carbonyl (C=O) groups is 2. The maximum absolute atomic E-state index is 12.9. The maximum Gasteiger partial charge on any atom is 0.246 e. The van der Waals surface area contributed by atoms with E-state index in [2.05, 4.69) is 5.32 Å². The number of nitrogens with one attached hydrogen (secondary N) is 1. The number of hydrogen-bond donors (Lipinski definition) is 1. The van der Waals surface area contributed by atoms with E-state index < -0.39 is 10.0 Å². The van der Waals surface area contributed by atoms with Crippen LogP contribution in [0.2, 0.25) is 0 Å². The molecule has 2 saturated heterocycles. The highest BCUT2D eigenvalue weighted by atomic mass is 32.2. The number of rotatable bonds is 7. The Morgan fingerprint density at radius 1 is 0.914 bits per heavy atom. The van der Waals surface area contributed by atoms with Gasteiger partial charge in [0.25, 0.3) is 0 Å². The van der Waals surface area contributed by atoms with Crippen LogP contribution in [0.1, 0.15) is 43.2 Å². The van der Waals surface area contributed by atoms with Crippen molar-refractivity contribution in [1.82, 2.24) is 14.5 Å². The molecule has 0 atom stereocenters. The fourth-order valence-corrected chi connectivity index (χ4v) is 6.19. The molecule has 2 aliphatic heterocycles. The van der Waals surface area contributed by atoms with E-state index in [-0.39, 0.29) is 29.2 Å². The Kier molecular flexibility index (Phi) is 8.36. The molecule has 0 unspecified atom stereocenters. The highest BCUT2D eigenvalue weighted by molar-refractivity contribution is 7.89. The Morgan fingerprint density at radius 2 is 1.63 bits per heavy atom. The lowest BCUT2D eigenvalue weighted by atomic mass is 9.95. The molecule has 2 aromatic carbocycles. The molecule has 35 heavy (non-hydrogen) atoms. The lowest BCUT2D eigenvalue weighted by Crippen LogP contribution is -2.42. The molecule has 0 saturated carbocycles. The van der Waals surface area contributed by atoms with Gasteiger partial charge in [0.05, 0.1) is 4.90 Å². The molecular weight excluding hydrogens is 462 g/mol. The molecule has 0 aromatic heterocycles. The molecule has 2 fully saturated rings. The summed E-state index contributed by atoms with van der Waals surface area (Å²) in [5.74, 6) is -0.252. The summed E-state index contributed by atoms with van der Waals surface area (Å²) in [5, 5.41) is 2.95. The SMILES string of the molecule is O=C(NCc1cccc(S(=O)(=O)N2CCCCC2)c1)C1CCN(C(=O)/C=C/c2ccccc2)CC1. The molecule has 1 N–H and O–H groups in total. The van der Waals surface area contributed by atoms with Crippen LogP contribution in [0.5, 0.6) is 0 Å². The van der Waals surface area contributed by atoms with Crippen molar-refractivity contribution in [2.75, 3.05) is 26.2 Å². The molecule has 2 amide bonds. The van der Waals surface area contributed by atoms with Crippen molar-refractivity contribution in [3.63, 3.8) is 0 Å². The first-order valence-electron chi connectivity index (χ1n) is 12.3. The van der Waals surface area contributed by atoms with E-state index >= 15 is 0 Å². The molecule has 4 rings (SSSR count). The summed E-state index contributed by atoms with van der Waals surface area (Å²) in [6, 6.07) is 16.5. The summed E-state index contributed by atoms with van der Waals surface area (Å²) in [6.45, 7) is 2.49. The second kappa shape index (κ2) is 11.6. The zero-order valence-corrected chi connectivity index (χ0v) is 20.8.